The van der Waals surface area contributed by atoms with Gasteiger partial charge in [0.15, 0.2) is 5.69 Å². The first-order valence-corrected chi connectivity index (χ1v) is 8.46. The minimum Gasteiger partial charge on any atom is -0.491 e. The molecule has 2 aliphatic rings. The molecule has 7 heteroatoms. The summed E-state index contributed by atoms with van der Waals surface area (Å²) in [4.78, 5) is 14.6. The van der Waals surface area contributed by atoms with E-state index in [4.69, 9.17) is 9.47 Å². The molecule has 2 aliphatic heterocycles. The number of hydrogen-bond donors (Lipinski definition) is 1. The minimum absolute atomic E-state index is 0.0253. The summed E-state index contributed by atoms with van der Waals surface area (Å²) in [6.45, 7) is 4.80. The normalized spacial score (nSPS) is 22.6. The van der Waals surface area contributed by atoms with Crippen molar-refractivity contribution in [3.05, 3.63) is 46.5 Å². The number of carbonyl (C=O) groups is 1. The van der Waals surface area contributed by atoms with Crippen LogP contribution >= 0.6 is 0 Å². The zero-order valence-electron chi connectivity index (χ0n) is 14.2. The molecule has 1 aromatic carbocycles. The van der Waals surface area contributed by atoms with Gasteiger partial charge in [0.2, 0.25) is 0 Å². The standard InChI is InChI=1S/C18H20FN3O3/c1-10-8-12-16(11(2)25-10)20-21-17(12)18(23)22-6-7-24-15-5-3-4-14(19)13(15)9-22/h3-5,10-11H,6-9H2,1-2H3,(H,20,21)/t10-,11+/m1/s1. The number of aromatic amines is 1. The maximum absolute atomic E-state index is 14.2. The van der Waals surface area contributed by atoms with Gasteiger partial charge in [-0.25, -0.2) is 4.39 Å². The number of carbonyl (C=O) groups excluding carboxylic acids is 1. The van der Waals surface area contributed by atoms with Crippen molar-refractivity contribution < 1.29 is 18.7 Å². The number of H-pyrrole nitrogens is 1. The van der Waals surface area contributed by atoms with Crippen molar-refractivity contribution in [1.82, 2.24) is 15.1 Å². The predicted molar refractivity (Wildman–Crippen MR) is 87.9 cm³/mol. The number of nitrogens with zero attached hydrogens (tertiary/aromatic N) is 2. The topological polar surface area (TPSA) is 67.5 Å². The fraction of sp³-hybridized carbons (Fsp3) is 0.444. The van der Waals surface area contributed by atoms with E-state index in [-0.39, 0.29) is 30.5 Å². The van der Waals surface area contributed by atoms with Crippen molar-refractivity contribution in [1.29, 1.82) is 0 Å². The molecule has 2 atom stereocenters. The Bertz CT molecular complexity index is 820. The third kappa shape index (κ3) is 2.78. The van der Waals surface area contributed by atoms with E-state index < -0.39 is 0 Å². The molecular formula is C18H20FN3O3. The molecule has 6 nitrogen and oxygen atoms in total. The monoisotopic (exact) mass is 345 g/mol. The van der Waals surface area contributed by atoms with Crippen molar-refractivity contribution >= 4 is 5.91 Å². The van der Waals surface area contributed by atoms with E-state index in [0.29, 0.717) is 36.6 Å². The number of aromatic nitrogens is 2. The van der Waals surface area contributed by atoms with Gasteiger partial charge in [0.1, 0.15) is 18.2 Å². The highest BCUT2D eigenvalue weighted by molar-refractivity contribution is 5.94. The molecule has 0 unspecified atom stereocenters. The fourth-order valence-corrected chi connectivity index (χ4v) is 3.54. The van der Waals surface area contributed by atoms with E-state index in [1.165, 1.54) is 6.07 Å². The second-order valence-corrected chi connectivity index (χ2v) is 6.55. The molecule has 1 aromatic heterocycles. The Balaban J connectivity index is 1.65. The number of hydrogen-bond acceptors (Lipinski definition) is 4. The quantitative estimate of drug-likeness (QED) is 0.863. The van der Waals surface area contributed by atoms with Crippen molar-refractivity contribution in [2.24, 2.45) is 0 Å². The Labute approximate surface area is 144 Å². The van der Waals surface area contributed by atoms with Gasteiger partial charge in [-0.1, -0.05) is 6.07 Å². The zero-order chi connectivity index (χ0) is 17.6. The van der Waals surface area contributed by atoms with Crippen LogP contribution in [0.2, 0.25) is 0 Å². The first-order valence-electron chi connectivity index (χ1n) is 8.46. The lowest BCUT2D eigenvalue weighted by Gasteiger charge is -2.26. The molecule has 0 bridgehead atoms. The van der Waals surface area contributed by atoms with Gasteiger partial charge in [-0.3, -0.25) is 9.89 Å². The molecule has 0 fully saturated rings. The van der Waals surface area contributed by atoms with Crippen LogP contribution in [0, 0.1) is 5.82 Å². The second-order valence-electron chi connectivity index (χ2n) is 6.55. The van der Waals surface area contributed by atoms with Gasteiger partial charge in [-0.05, 0) is 26.0 Å². The second kappa shape index (κ2) is 6.15. The number of fused-ring (bicyclic) bond motifs is 2. The Morgan fingerprint density at radius 2 is 2.20 bits per heavy atom. The highest BCUT2D eigenvalue weighted by Crippen LogP contribution is 2.31. The van der Waals surface area contributed by atoms with Crippen LogP contribution in [0.5, 0.6) is 5.75 Å². The Morgan fingerprint density at radius 1 is 1.36 bits per heavy atom. The third-order valence-corrected chi connectivity index (χ3v) is 4.77. The van der Waals surface area contributed by atoms with Crippen LogP contribution in [0.1, 0.15) is 47.3 Å². The fourth-order valence-electron chi connectivity index (χ4n) is 3.54. The van der Waals surface area contributed by atoms with Crippen LogP contribution in [0.4, 0.5) is 4.39 Å². The summed E-state index contributed by atoms with van der Waals surface area (Å²) in [5.74, 6) is -0.0783. The molecule has 0 aliphatic carbocycles. The first kappa shape index (κ1) is 16.1. The number of amides is 1. The number of halogens is 1. The molecule has 0 spiro atoms. The summed E-state index contributed by atoms with van der Waals surface area (Å²) >= 11 is 0. The maximum Gasteiger partial charge on any atom is 0.275 e. The average Bonchev–Trinajstić information content (AvgIpc) is 2.86. The first-order chi connectivity index (χ1) is 12.0. The molecule has 3 heterocycles. The summed E-state index contributed by atoms with van der Waals surface area (Å²) in [6.07, 6.45) is 0.530. The van der Waals surface area contributed by atoms with Crippen molar-refractivity contribution in [3.8, 4) is 5.75 Å². The largest absolute Gasteiger partial charge is 0.491 e. The van der Waals surface area contributed by atoms with Crippen LogP contribution in [0.15, 0.2) is 18.2 Å². The smallest absolute Gasteiger partial charge is 0.275 e. The lowest BCUT2D eigenvalue weighted by Crippen LogP contribution is -2.34. The lowest BCUT2D eigenvalue weighted by atomic mass is 9.99. The van der Waals surface area contributed by atoms with Crippen LogP contribution < -0.4 is 4.74 Å². The van der Waals surface area contributed by atoms with E-state index in [0.717, 1.165) is 11.3 Å². The third-order valence-electron chi connectivity index (χ3n) is 4.77. The van der Waals surface area contributed by atoms with Crippen molar-refractivity contribution in [2.45, 2.75) is 39.0 Å². The van der Waals surface area contributed by atoms with Gasteiger partial charge in [-0.2, -0.15) is 5.10 Å². The maximum atomic E-state index is 14.2. The van der Waals surface area contributed by atoms with Gasteiger partial charge in [0, 0.05) is 17.5 Å². The Kier molecular flexibility index (Phi) is 3.95. The van der Waals surface area contributed by atoms with E-state index in [1.807, 2.05) is 13.8 Å². The molecule has 0 saturated heterocycles. The lowest BCUT2D eigenvalue weighted by molar-refractivity contribution is -0.00702. The van der Waals surface area contributed by atoms with Gasteiger partial charge in [0.25, 0.3) is 5.91 Å². The Morgan fingerprint density at radius 3 is 3.04 bits per heavy atom. The van der Waals surface area contributed by atoms with Gasteiger partial charge >= 0.3 is 0 Å². The van der Waals surface area contributed by atoms with E-state index >= 15 is 0 Å². The highest BCUT2D eigenvalue weighted by Gasteiger charge is 2.32. The van der Waals surface area contributed by atoms with Crippen molar-refractivity contribution in [3.63, 3.8) is 0 Å². The van der Waals surface area contributed by atoms with Gasteiger partial charge < -0.3 is 14.4 Å². The van der Waals surface area contributed by atoms with E-state index in [2.05, 4.69) is 10.2 Å². The van der Waals surface area contributed by atoms with Gasteiger partial charge in [0.05, 0.1) is 31.0 Å². The van der Waals surface area contributed by atoms with Gasteiger partial charge in [-0.15, -0.1) is 0 Å². The number of rotatable bonds is 1. The molecule has 25 heavy (non-hydrogen) atoms. The highest BCUT2D eigenvalue weighted by atomic mass is 19.1. The van der Waals surface area contributed by atoms with Crippen LogP contribution in [0.3, 0.4) is 0 Å². The number of nitrogens with one attached hydrogen (secondary N) is 1. The van der Waals surface area contributed by atoms with E-state index in [1.54, 1.807) is 17.0 Å². The zero-order valence-corrected chi connectivity index (χ0v) is 14.2. The van der Waals surface area contributed by atoms with E-state index in [9.17, 15) is 9.18 Å². The molecule has 132 valence electrons. The molecule has 4 rings (SSSR count). The molecule has 0 radical (unpaired) electrons. The van der Waals surface area contributed by atoms with Crippen LogP contribution in [-0.2, 0) is 17.7 Å². The SMILES string of the molecule is C[C@@H]1Cc2c(C(=O)N3CCOc4cccc(F)c4C3)n[nH]c2[C@H](C)O1. The summed E-state index contributed by atoms with van der Waals surface area (Å²) in [5, 5.41) is 7.17. The molecule has 2 aromatic rings. The summed E-state index contributed by atoms with van der Waals surface area (Å²) in [6, 6.07) is 4.72. The summed E-state index contributed by atoms with van der Waals surface area (Å²) < 4.78 is 25.5. The van der Waals surface area contributed by atoms with Crippen LogP contribution in [-0.4, -0.2) is 40.3 Å². The number of ether oxygens (including phenoxy) is 2. The molecular weight excluding hydrogens is 325 g/mol. The number of benzene rings is 1. The van der Waals surface area contributed by atoms with Crippen LogP contribution in [0.25, 0.3) is 0 Å². The Hall–Kier alpha value is -2.41. The molecule has 0 saturated carbocycles. The summed E-state index contributed by atoms with van der Waals surface area (Å²) in [5.41, 5.74) is 2.55. The minimum atomic E-state index is -0.364. The predicted octanol–water partition coefficient (Wildman–Crippen LogP) is 2.61. The average molecular weight is 345 g/mol. The molecule has 1 amide bonds. The molecule has 1 N–H and O–H groups in total. The summed E-state index contributed by atoms with van der Waals surface area (Å²) in [7, 11) is 0. The van der Waals surface area contributed by atoms with Crippen molar-refractivity contribution in [2.75, 3.05) is 13.2 Å².